The van der Waals surface area contributed by atoms with Crippen molar-refractivity contribution in [2.75, 3.05) is 13.1 Å². The summed E-state index contributed by atoms with van der Waals surface area (Å²) in [5.74, 6) is 0.0167. The van der Waals surface area contributed by atoms with Crippen LogP contribution in [0.25, 0.3) is 16.3 Å². The first-order chi connectivity index (χ1) is 11.8. The molecule has 1 aliphatic heterocycles. The number of fused-ring (bicyclic) bond motifs is 1. The van der Waals surface area contributed by atoms with Gasteiger partial charge in [0.25, 0.3) is 5.19 Å². The van der Waals surface area contributed by atoms with Gasteiger partial charge in [0, 0.05) is 6.08 Å². The second-order valence-electron chi connectivity index (χ2n) is 5.67. The molecule has 3 aromatic rings. The van der Waals surface area contributed by atoms with E-state index in [0.29, 0.717) is 18.3 Å². The Balaban J connectivity index is 1.31. The second kappa shape index (κ2) is 6.45. The van der Waals surface area contributed by atoms with Crippen LogP contribution in [0.15, 0.2) is 60.7 Å². The molecule has 0 spiro atoms. The molecule has 2 aromatic carbocycles. The largest absolute Gasteiger partial charge is 0.463 e. The van der Waals surface area contributed by atoms with Crippen molar-refractivity contribution in [3.8, 4) is 5.19 Å². The van der Waals surface area contributed by atoms with Gasteiger partial charge in [0.15, 0.2) is 0 Å². The van der Waals surface area contributed by atoms with Crippen molar-refractivity contribution >= 4 is 33.5 Å². The van der Waals surface area contributed by atoms with E-state index in [1.807, 2.05) is 60.7 Å². The van der Waals surface area contributed by atoms with E-state index >= 15 is 0 Å². The first kappa shape index (κ1) is 14.9. The Hall–Kier alpha value is -2.66. The Labute approximate surface area is 144 Å². The lowest BCUT2D eigenvalue weighted by Crippen LogP contribution is -2.55. The van der Waals surface area contributed by atoms with E-state index in [1.165, 1.54) is 0 Å². The second-order valence-corrected chi connectivity index (χ2v) is 6.67. The number of amides is 1. The molecular formula is C19H16N2O2S. The number of rotatable bonds is 4. The van der Waals surface area contributed by atoms with Crippen molar-refractivity contribution in [1.29, 1.82) is 0 Å². The van der Waals surface area contributed by atoms with Crippen LogP contribution < -0.4 is 4.74 Å². The number of carbonyl (C=O) groups excluding carboxylic acids is 1. The van der Waals surface area contributed by atoms with Crippen LogP contribution in [-0.2, 0) is 4.79 Å². The summed E-state index contributed by atoms with van der Waals surface area (Å²) in [5, 5.41) is 0.674. The highest BCUT2D eigenvalue weighted by molar-refractivity contribution is 7.20. The van der Waals surface area contributed by atoms with Crippen LogP contribution in [0.1, 0.15) is 5.56 Å². The highest BCUT2D eigenvalue weighted by Crippen LogP contribution is 2.29. The van der Waals surface area contributed by atoms with Crippen molar-refractivity contribution in [1.82, 2.24) is 9.88 Å². The zero-order chi connectivity index (χ0) is 16.4. The average molecular weight is 336 g/mol. The number of ether oxygens (including phenoxy) is 1. The van der Waals surface area contributed by atoms with Gasteiger partial charge in [-0.05, 0) is 23.8 Å². The predicted octanol–water partition coefficient (Wildman–Crippen LogP) is 3.60. The Bertz CT molecular complexity index is 850. The van der Waals surface area contributed by atoms with E-state index < -0.39 is 0 Å². The molecule has 24 heavy (non-hydrogen) atoms. The molecule has 4 rings (SSSR count). The third-order valence-corrected chi connectivity index (χ3v) is 4.85. The first-order valence-electron chi connectivity index (χ1n) is 7.82. The molecule has 1 aromatic heterocycles. The van der Waals surface area contributed by atoms with Crippen LogP contribution in [-0.4, -0.2) is 35.0 Å². The quantitative estimate of drug-likeness (QED) is 0.684. The zero-order valence-electron chi connectivity index (χ0n) is 13.0. The summed E-state index contributed by atoms with van der Waals surface area (Å²) in [6, 6.07) is 17.8. The van der Waals surface area contributed by atoms with Gasteiger partial charge in [0.05, 0.1) is 23.3 Å². The topological polar surface area (TPSA) is 42.4 Å². The third-order valence-electron chi connectivity index (χ3n) is 3.92. The molecule has 1 amide bonds. The van der Waals surface area contributed by atoms with Gasteiger partial charge in [-0.1, -0.05) is 53.8 Å². The molecule has 1 aliphatic rings. The highest BCUT2D eigenvalue weighted by Gasteiger charge is 2.31. The van der Waals surface area contributed by atoms with Gasteiger partial charge in [-0.15, -0.1) is 0 Å². The number of thiazole rings is 1. The summed E-state index contributed by atoms with van der Waals surface area (Å²) in [7, 11) is 0. The minimum absolute atomic E-state index is 0.0167. The summed E-state index contributed by atoms with van der Waals surface area (Å²) in [4.78, 5) is 18.3. The maximum absolute atomic E-state index is 12.1. The molecule has 0 aliphatic carbocycles. The molecule has 0 saturated carbocycles. The minimum atomic E-state index is 0.0167. The van der Waals surface area contributed by atoms with Gasteiger partial charge in [-0.25, -0.2) is 4.98 Å². The zero-order valence-corrected chi connectivity index (χ0v) is 13.8. The Kier molecular flexibility index (Phi) is 4.01. The molecule has 2 heterocycles. The number of para-hydroxylation sites is 1. The Morgan fingerprint density at radius 1 is 1.12 bits per heavy atom. The highest BCUT2D eigenvalue weighted by atomic mass is 32.1. The molecule has 0 atom stereocenters. The van der Waals surface area contributed by atoms with E-state index in [-0.39, 0.29) is 12.0 Å². The van der Waals surface area contributed by atoms with E-state index in [9.17, 15) is 4.79 Å². The maximum Gasteiger partial charge on any atom is 0.274 e. The first-order valence-corrected chi connectivity index (χ1v) is 8.64. The Morgan fingerprint density at radius 3 is 2.67 bits per heavy atom. The third kappa shape index (κ3) is 3.16. The van der Waals surface area contributed by atoms with Gasteiger partial charge in [0.1, 0.15) is 6.10 Å². The number of aromatic nitrogens is 1. The van der Waals surface area contributed by atoms with Crippen molar-refractivity contribution in [2.45, 2.75) is 6.10 Å². The SMILES string of the molecule is O=C(C=Cc1ccccc1)N1CC(Oc2nc3ccccc3s2)C1. The summed E-state index contributed by atoms with van der Waals surface area (Å²) in [5.41, 5.74) is 1.98. The smallest absolute Gasteiger partial charge is 0.274 e. The molecule has 5 heteroatoms. The molecule has 1 saturated heterocycles. The van der Waals surface area contributed by atoms with Crippen molar-refractivity contribution in [3.05, 3.63) is 66.2 Å². The lowest BCUT2D eigenvalue weighted by Gasteiger charge is -2.37. The van der Waals surface area contributed by atoms with Crippen molar-refractivity contribution < 1.29 is 9.53 Å². The molecule has 0 bridgehead atoms. The number of nitrogens with zero attached hydrogens (tertiary/aromatic N) is 2. The van der Waals surface area contributed by atoms with Gasteiger partial charge >= 0.3 is 0 Å². The van der Waals surface area contributed by atoms with Gasteiger partial charge in [-0.2, -0.15) is 0 Å². The average Bonchev–Trinajstić information content (AvgIpc) is 2.99. The monoisotopic (exact) mass is 336 g/mol. The van der Waals surface area contributed by atoms with Crippen molar-refractivity contribution in [3.63, 3.8) is 0 Å². The number of hydrogen-bond acceptors (Lipinski definition) is 4. The molecule has 120 valence electrons. The van der Waals surface area contributed by atoms with Gasteiger partial charge in [-0.3, -0.25) is 4.79 Å². The number of benzene rings is 2. The van der Waals surface area contributed by atoms with E-state index in [1.54, 1.807) is 22.3 Å². The fraction of sp³-hybridized carbons (Fsp3) is 0.158. The molecule has 1 fully saturated rings. The van der Waals surface area contributed by atoms with E-state index in [2.05, 4.69) is 4.98 Å². The van der Waals surface area contributed by atoms with Crippen molar-refractivity contribution in [2.24, 2.45) is 0 Å². The van der Waals surface area contributed by atoms with Gasteiger partial charge in [0.2, 0.25) is 5.91 Å². The van der Waals surface area contributed by atoms with Crippen LogP contribution in [0, 0.1) is 0 Å². The predicted molar refractivity (Wildman–Crippen MR) is 96.1 cm³/mol. The number of carbonyl (C=O) groups is 1. The molecule has 0 radical (unpaired) electrons. The Morgan fingerprint density at radius 2 is 1.88 bits per heavy atom. The maximum atomic E-state index is 12.1. The molecular weight excluding hydrogens is 320 g/mol. The van der Waals surface area contributed by atoms with Crippen LogP contribution in [0.5, 0.6) is 5.19 Å². The minimum Gasteiger partial charge on any atom is -0.463 e. The standard InChI is InChI=1S/C19H16N2O2S/c22-18(11-10-14-6-2-1-3-7-14)21-12-15(13-21)23-19-20-16-8-4-5-9-17(16)24-19/h1-11,15H,12-13H2. The summed E-state index contributed by atoms with van der Waals surface area (Å²) in [6.45, 7) is 1.21. The van der Waals surface area contributed by atoms with E-state index in [0.717, 1.165) is 15.8 Å². The molecule has 0 N–H and O–H groups in total. The normalized spacial score (nSPS) is 14.9. The number of hydrogen-bond donors (Lipinski definition) is 0. The van der Waals surface area contributed by atoms with E-state index in [4.69, 9.17) is 4.74 Å². The fourth-order valence-electron chi connectivity index (χ4n) is 2.57. The fourth-order valence-corrected chi connectivity index (χ4v) is 3.45. The van der Waals surface area contributed by atoms with Gasteiger partial charge < -0.3 is 9.64 Å². The number of likely N-dealkylation sites (tertiary alicyclic amines) is 1. The lowest BCUT2D eigenvalue weighted by atomic mass is 10.1. The summed E-state index contributed by atoms with van der Waals surface area (Å²) < 4.78 is 6.98. The van der Waals surface area contributed by atoms with Crippen LogP contribution in [0.4, 0.5) is 0 Å². The van der Waals surface area contributed by atoms with Crippen LogP contribution in [0.2, 0.25) is 0 Å². The summed E-state index contributed by atoms with van der Waals surface area (Å²) >= 11 is 1.54. The summed E-state index contributed by atoms with van der Waals surface area (Å²) in [6.07, 6.45) is 3.48. The lowest BCUT2D eigenvalue weighted by molar-refractivity contribution is -0.134. The van der Waals surface area contributed by atoms with Crippen LogP contribution in [0.3, 0.4) is 0 Å². The molecule has 4 nitrogen and oxygen atoms in total. The van der Waals surface area contributed by atoms with Crippen LogP contribution >= 0.6 is 11.3 Å². The molecule has 0 unspecified atom stereocenters.